The number of nitrogens with one attached hydrogen (secondary N) is 1. The van der Waals surface area contributed by atoms with Gasteiger partial charge in [0, 0.05) is 18.6 Å². The maximum atomic E-state index is 11.9. The molecule has 1 aromatic rings. The van der Waals surface area contributed by atoms with Crippen LogP contribution in [0.15, 0.2) is 24.3 Å². The standard InChI is InChI=1S/C15H22N2O3/c1-9-11-6-4-5-7-13(11)20-14(9)10(2)17-15(18)12(16)8-19-3/h4-7,9-10,12,14H,8,16H2,1-3H3,(H,17,18). The number of para-hydroxylation sites is 1. The number of carbonyl (C=O) groups is 1. The SMILES string of the molecule is COCC(N)C(=O)NC(C)C1Oc2ccccc2C1C. The molecule has 5 heteroatoms. The van der Waals surface area contributed by atoms with Crippen LogP contribution in [0.2, 0.25) is 0 Å². The zero-order valence-electron chi connectivity index (χ0n) is 12.1. The topological polar surface area (TPSA) is 73.6 Å². The quantitative estimate of drug-likeness (QED) is 0.843. The van der Waals surface area contributed by atoms with E-state index in [0.29, 0.717) is 0 Å². The van der Waals surface area contributed by atoms with Gasteiger partial charge >= 0.3 is 0 Å². The minimum Gasteiger partial charge on any atom is -0.487 e. The number of nitrogens with two attached hydrogens (primary N) is 1. The van der Waals surface area contributed by atoms with E-state index in [1.165, 1.54) is 12.7 Å². The first kappa shape index (κ1) is 14.8. The molecular weight excluding hydrogens is 256 g/mol. The molecule has 4 atom stereocenters. The molecule has 0 aliphatic carbocycles. The summed E-state index contributed by atoms with van der Waals surface area (Å²) in [4.78, 5) is 11.9. The van der Waals surface area contributed by atoms with Crippen LogP contribution in [-0.4, -0.2) is 37.8 Å². The highest BCUT2D eigenvalue weighted by Crippen LogP contribution is 2.38. The Morgan fingerprint density at radius 3 is 2.85 bits per heavy atom. The van der Waals surface area contributed by atoms with Gasteiger partial charge in [0.15, 0.2) is 0 Å². The minimum atomic E-state index is -0.651. The summed E-state index contributed by atoms with van der Waals surface area (Å²) in [7, 11) is 1.52. The lowest BCUT2D eigenvalue weighted by molar-refractivity contribution is -0.124. The molecule has 0 fully saturated rings. The molecule has 0 radical (unpaired) electrons. The van der Waals surface area contributed by atoms with E-state index in [-0.39, 0.29) is 30.6 Å². The van der Waals surface area contributed by atoms with Crippen molar-refractivity contribution >= 4 is 5.91 Å². The molecule has 0 saturated heterocycles. The summed E-state index contributed by atoms with van der Waals surface area (Å²) >= 11 is 0. The number of rotatable bonds is 5. The second kappa shape index (κ2) is 6.24. The van der Waals surface area contributed by atoms with Gasteiger partial charge in [-0.05, 0) is 13.0 Å². The fourth-order valence-corrected chi connectivity index (χ4v) is 2.59. The van der Waals surface area contributed by atoms with Crippen LogP contribution < -0.4 is 15.8 Å². The summed E-state index contributed by atoms with van der Waals surface area (Å²) in [6, 6.07) is 7.20. The van der Waals surface area contributed by atoms with E-state index < -0.39 is 6.04 Å². The van der Waals surface area contributed by atoms with Crippen molar-refractivity contribution in [1.29, 1.82) is 0 Å². The van der Waals surface area contributed by atoms with Crippen molar-refractivity contribution in [3.63, 3.8) is 0 Å². The van der Waals surface area contributed by atoms with E-state index in [9.17, 15) is 4.79 Å². The number of hydrogen-bond acceptors (Lipinski definition) is 4. The fraction of sp³-hybridized carbons (Fsp3) is 0.533. The smallest absolute Gasteiger partial charge is 0.239 e. The second-order valence-electron chi connectivity index (χ2n) is 5.27. The molecular formula is C15H22N2O3. The van der Waals surface area contributed by atoms with Gasteiger partial charge in [0.1, 0.15) is 17.9 Å². The number of ether oxygens (including phenoxy) is 2. The molecule has 1 aliphatic rings. The average molecular weight is 278 g/mol. The molecule has 4 unspecified atom stereocenters. The van der Waals surface area contributed by atoms with E-state index in [0.717, 1.165) is 5.75 Å². The largest absolute Gasteiger partial charge is 0.487 e. The van der Waals surface area contributed by atoms with Crippen LogP contribution in [-0.2, 0) is 9.53 Å². The first-order valence-corrected chi connectivity index (χ1v) is 6.85. The third-order valence-electron chi connectivity index (χ3n) is 3.71. The molecule has 0 spiro atoms. The molecule has 0 bridgehead atoms. The number of methoxy groups -OCH3 is 1. The Hall–Kier alpha value is -1.59. The molecule has 1 amide bonds. The van der Waals surface area contributed by atoms with Crippen LogP contribution in [0.1, 0.15) is 25.3 Å². The maximum absolute atomic E-state index is 11.9. The maximum Gasteiger partial charge on any atom is 0.239 e. The van der Waals surface area contributed by atoms with Crippen LogP contribution in [0.5, 0.6) is 5.75 Å². The predicted molar refractivity (Wildman–Crippen MR) is 76.7 cm³/mol. The Balaban J connectivity index is 1.98. The van der Waals surface area contributed by atoms with Gasteiger partial charge < -0.3 is 20.5 Å². The summed E-state index contributed by atoms with van der Waals surface area (Å²) in [5.41, 5.74) is 6.90. The lowest BCUT2D eigenvalue weighted by Crippen LogP contribution is -2.51. The summed E-state index contributed by atoms with van der Waals surface area (Å²) in [5, 5.41) is 2.90. The Morgan fingerprint density at radius 1 is 1.50 bits per heavy atom. The number of amides is 1. The Bertz CT molecular complexity index is 478. The van der Waals surface area contributed by atoms with Crippen LogP contribution in [0.4, 0.5) is 0 Å². The summed E-state index contributed by atoms with van der Waals surface area (Å²) in [5.74, 6) is 0.915. The van der Waals surface area contributed by atoms with Crippen molar-refractivity contribution in [3.05, 3.63) is 29.8 Å². The highest BCUT2D eigenvalue weighted by Gasteiger charge is 2.35. The number of benzene rings is 1. The van der Waals surface area contributed by atoms with Gasteiger partial charge in [0.2, 0.25) is 5.91 Å². The molecule has 3 N–H and O–H groups in total. The first-order valence-electron chi connectivity index (χ1n) is 6.85. The third-order valence-corrected chi connectivity index (χ3v) is 3.71. The number of hydrogen-bond donors (Lipinski definition) is 2. The van der Waals surface area contributed by atoms with Crippen molar-refractivity contribution in [1.82, 2.24) is 5.32 Å². The summed E-state index contributed by atoms with van der Waals surface area (Å²) in [6.07, 6.45) is -0.0777. The predicted octanol–water partition coefficient (Wildman–Crippen LogP) is 1.03. The van der Waals surface area contributed by atoms with Crippen molar-refractivity contribution in [2.45, 2.75) is 38.0 Å². The molecule has 5 nitrogen and oxygen atoms in total. The van der Waals surface area contributed by atoms with E-state index in [4.69, 9.17) is 15.2 Å². The Kier molecular flexibility index (Phi) is 4.62. The van der Waals surface area contributed by atoms with Gasteiger partial charge in [-0.1, -0.05) is 25.1 Å². The summed E-state index contributed by atoms with van der Waals surface area (Å²) in [6.45, 7) is 4.25. The molecule has 2 rings (SSSR count). The number of fused-ring (bicyclic) bond motifs is 1. The van der Waals surface area contributed by atoms with E-state index in [1.54, 1.807) is 0 Å². The molecule has 20 heavy (non-hydrogen) atoms. The van der Waals surface area contributed by atoms with Gasteiger partial charge in [0.05, 0.1) is 12.6 Å². The highest BCUT2D eigenvalue weighted by atomic mass is 16.5. The minimum absolute atomic E-state index is 0.0777. The zero-order chi connectivity index (χ0) is 14.7. The van der Waals surface area contributed by atoms with Crippen LogP contribution in [0, 0.1) is 0 Å². The molecule has 0 aromatic heterocycles. The van der Waals surface area contributed by atoms with E-state index in [2.05, 4.69) is 18.3 Å². The Morgan fingerprint density at radius 2 is 2.20 bits per heavy atom. The van der Waals surface area contributed by atoms with E-state index in [1.807, 2.05) is 25.1 Å². The van der Waals surface area contributed by atoms with Gasteiger partial charge in [-0.25, -0.2) is 0 Å². The Labute approximate surface area is 119 Å². The van der Waals surface area contributed by atoms with E-state index >= 15 is 0 Å². The fourth-order valence-electron chi connectivity index (χ4n) is 2.59. The monoisotopic (exact) mass is 278 g/mol. The van der Waals surface area contributed by atoms with Crippen LogP contribution in [0.25, 0.3) is 0 Å². The van der Waals surface area contributed by atoms with Gasteiger partial charge in [0.25, 0.3) is 0 Å². The zero-order valence-corrected chi connectivity index (χ0v) is 12.1. The molecule has 1 heterocycles. The van der Waals surface area contributed by atoms with Crippen LogP contribution >= 0.6 is 0 Å². The number of carbonyl (C=O) groups excluding carboxylic acids is 1. The van der Waals surface area contributed by atoms with Gasteiger partial charge in [-0.15, -0.1) is 0 Å². The van der Waals surface area contributed by atoms with Crippen LogP contribution in [0.3, 0.4) is 0 Å². The van der Waals surface area contributed by atoms with Crippen molar-refractivity contribution in [2.24, 2.45) is 5.73 Å². The molecule has 1 aromatic carbocycles. The lowest BCUT2D eigenvalue weighted by Gasteiger charge is -2.25. The molecule has 1 aliphatic heterocycles. The second-order valence-corrected chi connectivity index (χ2v) is 5.27. The average Bonchev–Trinajstić information content (AvgIpc) is 2.77. The normalized spacial score (nSPS) is 23.6. The lowest BCUT2D eigenvalue weighted by atomic mass is 9.93. The molecule has 0 saturated carbocycles. The van der Waals surface area contributed by atoms with Crippen molar-refractivity contribution in [2.75, 3.05) is 13.7 Å². The van der Waals surface area contributed by atoms with Gasteiger partial charge in [-0.3, -0.25) is 4.79 Å². The third kappa shape index (κ3) is 2.94. The molecule has 110 valence electrons. The highest BCUT2D eigenvalue weighted by molar-refractivity contribution is 5.82. The first-order chi connectivity index (χ1) is 9.54. The van der Waals surface area contributed by atoms with Gasteiger partial charge in [-0.2, -0.15) is 0 Å². The van der Waals surface area contributed by atoms with Crippen molar-refractivity contribution in [3.8, 4) is 5.75 Å². The summed E-state index contributed by atoms with van der Waals surface area (Å²) < 4.78 is 10.8. The van der Waals surface area contributed by atoms with Crippen molar-refractivity contribution < 1.29 is 14.3 Å².